The number of rotatable bonds is 7. The highest BCUT2D eigenvalue weighted by atomic mass is 16.5. The van der Waals surface area contributed by atoms with Gasteiger partial charge in [-0.1, -0.05) is 6.92 Å². The second kappa shape index (κ2) is 7.22. The summed E-state index contributed by atoms with van der Waals surface area (Å²) in [6.07, 6.45) is 2.89. The van der Waals surface area contributed by atoms with E-state index in [4.69, 9.17) is 4.74 Å². The van der Waals surface area contributed by atoms with Gasteiger partial charge in [-0.15, -0.1) is 0 Å². The second-order valence-corrected chi connectivity index (χ2v) is 5.77. The lowest BCUT2D eigenvalue weighted by Crippen LogP contribution is -2.48. The van der Waals surface area contributed by atoms with Crippen molar-refractivity contribution < 1.29 is 9.53 Å². The number of carbonyl (C=O) groups is 1. The quantitative estimate of drug-likeness (QED) is 0.642. The number of ether oxygens (including phenoxy) is 1. The minimum absolute atomic E-state index is 0.186. The number of aldehydes is 1. The molecule has 0 aromatic heterocycles. The highest BCUT2D eigenvalue weighted by molar-refractivity contribution is 5.60. The van der Waals surface area contributed by atoms with Crippen molar-refractivity contribution in [2.24, 2.45) is 5.41 Å². The molecule has 18 heavy (non-hydrogen) atoms. The Bertz CT molecular complexity index is 250. The highest BCUT2D eigenvalue weighted by Gasteiger charge is 2.35. The van der Waals surface area contributed by atoms with Crippen LogP contribution in [-0.4, -0.2) is 69.1 Å². The van der Waals surface area contributed by atoms with Gasteiger partial charge in [-0.25, -0.2) is 0 Å². The Balaban J connectivity index is 2.61. The smallest absolute Gasteiger partial charge is 0.127 e. The third kappa shape index (κ3) is 4.34. The average Bonchev–Trinajstić information content (AvgIpc) is 2.36. The Morgan fingerprint density at radius 1 is 1.33 bits per heavy atom. The van der Waals surface area contributed by atoms with E-state index in [0.29, 0.717) is 6.04 Å². The molecule has 1 aliphatic heterocycles. The van der Waals surface area contributed by atoms with Gasteiger partial charge in [0.15, 0.2) is 0 Å². The van der Waals surface area contributed by atoms with E-state index in [1.807, 2.05) is 0 Å². The molecule has 0 spiro atoms. The van der Waals surface area contributed by atoms with Crippen molar-refractivity contribution >= 4 is 6.29 Å². The fourth-order valence-electron chi connectivity index (χ4n) is 2.72. The van der Waals surface area contributed by atoms with Crippen LogP contribution in [0.25, 0.3) is 0 Å². The molecule has 1 unspecified atom stereocenters. The Morgan fingerprint density at radius 3 is 2.39 bits per heavy atom. The van der Waals surface area contributed by atoms with E-state index in [1.54, 1.807) is 0 Å². The molecule has 0 aliphatic carbocycles. The van der Waals surface area contributed by atoms with Gasteiger partial charge in [0.25, 0.3) is 0 Å². The summed E-state index contributed by atoms with van der Waals surface area (Å²) in [7, 11) is 4.18. The SMILES string of the molecule is CCN(CC1(C=O)CCOCC1)C(C)CN(C)C. The lowest BCUT2D eigenvalue weighted by atomic mass is 9.81. The molecule has 0 aromatic rings. The molecule has 0 bridgehead atoms. The molecule has 1 rings (SSSR count). The maximum Gasteiger partial charge on any atom is 0.127 e. The van der Waals surface area contributed by atoms with E-state index in [9.17, 15) is 4.79 Å². The average molecular weight is 256 g/mol. The van der Waals surface area contributed by atoms with Crippen molar-refractivity contribution in [1.82, 2.24) is 9.80 Å². The van der Waals surface area contributed by atoms with Gasteiger partial charge in [0.2, 0.25) is 0 Å². The molecule has 106 valence electrons. The van der Waals surface area contributed by atoms with Crippen molar-refractivity contribution in [3.05, 3.63) is 0 Å². The number of hydrogen-bond donors (Lipinski definition) is 0. The van der Waals surface area contributed by atoms with Gasteiger partial charge in [-0.2, -0.15) is 0 Å². The predicted octanol–water partition coefficient (Wildman–Crippen LogP) is 1.25. The second-order valence-electron chi connectivity index (χ2n) is 5.77. The van der Waals surface area contributed by atoms with Gasteiger partial charge < -0.3 is 14.4 Å². The molecule has 0 radical (unpaired) electrons. The zero-order valence-electron chi connectivity index (χ0n) is 12.3. The maximum atomic E-state index is 11.5. The summed E-state index contributed by atoms with van der Waals surface area (Å²) >= 11 is 0. The van der Waals surface area contributed by atoms with E-state index in [1.165, 1.54) is 6.29 Å². The Labute approximate surface area is 111 Å². The lowest BCUT2D eigenvalue weighted by molar-refractivity contribution is -0.123. The molecule has 4 nitrogen and oxygen atoms in total. The number of nitrogens with zero attached hydrogens (tertiary/aromatic N) is 2. The van der Waals surface area contributed by atoms with Gasteiger partial charge in [0, 0.05) is 37.8 Å². The van der Waals surface area contributed by atoms with E-state index >= 15 is 0 Å². The van der Waals surface area contributed by atoms with E-state index in [2.05, 4.69) is 37.7 Å². The van der Waals surface area contributed by atoms with E-state index in [-0.39, 0.29) is 5.41 Å². The van der Waals surface area contributed by atoms with Crippen molar-refractivity contribution in [1.29, 1.82) is 0 Å². The summed E-state index contributed by atoms with van der Waals surface area (Å²) in [6.45, 7) is 8.73. The van der Waals surface area contributed by atoms with Crippen LogP contribution in [0.1, 0.15) is 26.7 Å². The van der Waals surface area contributed by atoms with Crippen molar-refractivity contribution in [2.75, 3.05) is 46.9 Å². The van der Waals surface area contributed by atoms with Gasteiger partial charge in [0.1, 0.15) is 6.29 Å². The van der Waals surface area contributed by atoms with Crippen LogP contribution in [0.5, 0.6) is 0 Å². The lowest BCUT2D eigenvalue weighted by Gasteiger charge is -2.39. The standard InChI is InChI=1S/C14H28N2O2/c1-5-16(13(2)10-15(3)4)11-14(12-17)6-8-18-9-7-14/h12-13H,5-11H2,1-4H3. The van der Waals surface area contributed by atoms with Gasteiger partial charge in [-0.05, 0) is 40.4 Å². The topological polar surface area (TPSA) is 32.8 Å². The van der Waals surface area contributed by atoms with E-state index < -0.39 is 0 Å². The molecule has 1 heterocycles. The van der Waals surface area contributed by atoms with Crippen LogP contribution < -0.4 is 0 Å². The summed E-state index contributed by atoms with van der Waals surface area (Å²) in [5.74, 6) is 0. The van der Waals surface area contributed by atoms with Crippen LogP contribution in [-0.2, 0) is 9.53 Å². The molecule has 1 atom stereocenters. The molecule has 0 saturated carbocycles. The minimum Gasteiger partial charge on any atom is -0.381 e. The van der Waals surface area contributed by atoms with Crippen LogP contribution >= 0.6 is 0 Å². The van der Waals surface area contributed by atoms with Crippen LogP contribution in [0.2, 0.25) is 0 Å². The Kier molecular flexibility index (Phi) is 6.26. The third-order valence-corrected chi connectivity index (χ3v) is 3.92. The largest absolute Gasteiger partial charge is 0.381 e. The summed E-state index contributed by atoms with van der Waals surface area (Å²) < 4.78 is 5.38. The molecule has 0 amide bonds. The molecular formula is C14H28N2O2. The minimum atomic E-state index is -0.186. The zero-order valence-corrected chi connectivity index (χ0v) is 12.3. The van der Waals surface area contributed by atoms with Gasteiger partial charge in [-0.3, -0.25) is 4.90 Å². The van der Waals surface area contributed by atoms with Crippen LogP contribution in [0.3, 0.4) is 0 Å². The molecule has 1 saturated heterocycles. The van der Waals surface area contributed by atoms with Gasteiger partial charge >= 0.3 is 0 Å². The third-order valence-electron chi connectivity index (χ3n) is 3.92. The summed E-state index contributed by atoms with van der Waals surface area (Å²) in [6, 6.07) is 0.477. The maximum absolute atomic E-state index is 11.5. The van der Waals surface area contributed by atoms with Crippen LogP contribution in [0.15, 0.2) is 0 Å². The molecule has 4 heteroatoms. The summed E-state index contributed by atoms with van der Waals surface area (Å²) in [5.41, 5.74) is -0.186. The number of hydrogen-bond acceptors (Lipinski definition) is 4. The molecule has 0 N–H and O–H groups in total. The molecule has 1 aliphatic rings. The number of likely N-dealkylation sites (N-methyl/N-ethyl adjacent to an activating group) is 2. The number of carbonyl (C=O) groups excluding carboxylic acids is 1. The van der Waals surface area contributed by atoms with Crippen molar-refractivity contribution in [3.63, 3.8) is 0 Å². The monoisotopic (exact) mass is 256 g/mol. The first-order chi connectivity index (χ1) is 8.53. The zero-order chi connectivity index (χ0) is 13.6. The first-order valence-electron chi connectivity index (χ1n) is 6.96. The van der Waals surface area contributed by atoms with Crippen LogP contribution in [0, 0.1) is 5.41 Å². The molecular weight excluding hydrogens is 228 g/mol. The summed E-state index contributed by atoms with van der Waals surface area (Å²) in [4.78, 5) is 16.1. The van der Waals surface area contributed by atoms with Crippen LogP contribution in [0.4, 0.5) is 0 Å². The normalized spacial score (nSPS) is 21.2. The van der Waals surface area contributed by atoms with Gasteiger partial charge in [0.05, 0.1) is 0 Å². The highest BCUT2D eigenvalue weighted by Crippen LogP contribution is 2.29. The van der Waals surface area contributed by atoms with E-state index in [0.717, 1.165) is 45.7 Å². The molecule has 0 aromatic carbocycles. The predicted molar refractivity (Wildman–Crippen MR) is 73.8 cm³/mol. The Morgan fingerprint density at radius 2 is 1.94 bits per heavy atom. The fourth-order valence-corrected chi connectivity index (χ4v) is 2.72. The fraction of sp³-hybridized carbons (Fsp3) is 0.929. The summed E-state index contributed by atoms with van der Waals surface area (Å²) in [5, 5.41) is 0. The van der Waals surface area contributed by atoms with Crippen molar-refractivity contribution in [2.45, 2.75) is 32.7 Å². The first-order valence-corrected chi connectivity index (χ1v) is 6.96. The Hall–Kier alpha value is -0.450. The first kappa shape index (κ1) is 15.6. The van der Waals surface area contributed by atoms with Crippen molar-refractivity contribution in [3.8, 4) is 0 Å². The molecule has 1 fully saturated rings.